The summed E-state index contributed by atoms with van der Waals surface area (Å²) in [7, 11) is 9.42. The lowest BCUT2D eigenvalue weighted by Crippen LogP contribution is -1.98. The third-order valence-corrected chi connectivity index (χ3v) is 4.49. The first kappa shape index (κ1) is 31.6. The number of methoxy groups -OCH3 is 6. The summed E-state index contributed by atoms with van der Waals surface area (Å²) < 4.78 is 30.8. The zero-order valence-electron chi connectivity index (χ0n) is 18.6. The first-order valence-corrected chi connectivity index (χ1v) is 17.3. The first-order chi connectivity index (χ1) is 15.3. The molecule has 0 aliphatic heterocycles. The zero-order chi connectivity index (χ0) is 24.7. The highest BCUT2D eigenvalue weighted by atomic mass is 80.0. The van der Waals surface area contributed by atoms with Gasteiger partial charge in [-0.05, 0) is 64.7 Å². The molecule has 0 atom stereocenters. The van der Waals surface area contributed by atoms with Gasteiger partial charge in [0.1, 0.15) is 4.03 Å². The summed E-state index contributed by atoms with van der Waals surface area (Å²) in [5.74, 6) is 3.61. The van der Waals surface area contributed by atoms with Crippen LogP contribution in [0.3, 0.4) is 0 Å². The number of hydrogen-bond acceptors (Lipinski definition) is 7. The summed E-state index contributed by atoms with van der Waals surface area (Å²) >= 11 is 12.9. The van der Waals surface area contributed by atoms with Crippen LogP contribution >= 0.6 is 66.4 Å². The highest BCUT2D eigenvalue weighted by molar-refractivity contribution is 9.93. The van der Waals surface area contributed by atoms with Gasteiger partial charge >= 0.3 is 0 Å². The van der Waals surface area contributed by atoms with Gasteiger partial charge in [-0.3, -0.25) is 0 Å². The Morgan fingerprint density at radius 3 is 1.25 bits per heavy atom. The molecular weight excluding hydrogens is 703 g/mol. The van der Waals surface area contributed by atoms with E-state index >= 15 is 0 Å². The van der Waals surface area contributed by atoms with Gasteiger partial charge in [0.05, 0.1) is 49.3 Å². The average Bonchev–Trinajstić information content (AvgIpc) is 2.81. The van der Waals surface area contributed by atoms with Crippen LogP contribution in [0, 0.1) is 0 Å². The van der Waals surface area contributed by atoms with Crippen molar-refractivity contribution >= 4 is 66.4 Å². The SMILES string of the molecule is BrP(Br)Br.COc1ccc(CBr)c(OC)c1OC.COc1ccc(CO)c(OC)c1OC. The van der Waals surface area contributed by atoms with E-state index in [-0.39, 0.29) is 10.6 Å². The quantitative estimate of drug-likeness (QED) is 0.228. The molecule has 0 aromatic heterocycles. The number of ether oxygens (including phenoxy) is 6. The molecule has 0 saturated heterocycles. The van der Waals surface area contributed by atoms with Crippen LogP contribution in [0.15, 0.2) is 24.3 Å². The second kappa shape index (κ2) is 18.0. The van der Waals surface area contributed by atoms with Gasteiger partial charge < -0.3 is 33.5 Å². The number of rotatable bonds is 8. The van der Waals surface area contributed by atoms with Gasteiger partial charge in [-0.2, -0.15) is 0 Å². The molecule has 2 aromatic rings. The number of aliphatic hydroxyl groups excluding tert-OH is 1. The highest BCUT2D eigenvalue weighted by Gasteiger charge is 2.15. The molecule has 32 heavy (non-hydrogen) atoms. The van der Waals surface area contributed by atoms with Gasteiger partial charge in [0.25, 0.3) is 0 Å². The van der Waals surface area contributed by atoms with E-state index in [2.05, 4.69) is 62.4 Å². The maximum atomic E-state index is 9.06. The normalized spacial score (nSPS) is 9.62. The molecule has 0 saturated carbocycles. The molecule has 0 unspecified atom stereocenters. The van der Waals surface area contributed by atoms with Crippen LogP contribution in [0.4, 0.5) is 0 Å². The lowest BCUT2D eigenvalue weighted by atomic mass is 10.2. The predicted molar refractivity (Wildman–Crippen MR) is 144 cm³/mol. The number of alkyl halides is 1. The van der Waals surface area contributed by atoms with Crippen molar-refractivity contribution in [2.75, 3.05) is 42.7 Å². The Bertz CT molecular complexity index is 682. The molecular formula is C20H27Br4O7P. The van der Waals surface area contributed by atoms with Gasteiger partial charge in [-0.15, -0.1) is 0 Å². The Hall–Kier alpha value is -0.450. The maximum absolute atomic E-state index is 9.06. The Labute approximate surface area is 223 Å². The Kier molecular flexibility index (Phi) is 17.7. The minimum absolute atomic E-state index is 0.0937. The second-order valence-electron chi connectivity index (χ2n) is 5.47. The molecule has 0 spiro atoms. The number of hydrogen-bond donors (Lipinski definition) is 1. The minimum atomic E-state index is -0.183. The lowest BCUT2D eigenvalue weighted by molar-refractivity contribution is 0.267. The average molecular weight is 730 g/mol. The molecule has 1 N–H and O–H groups in total. The van der Waals surface area contributed by atoms with Gasteiger partial charge in [0, 0.05) is 16.5 Å². The van der Waals surface area contributed by atoms with E-state index in [1.807, 2.05) is 12.1 Å². The van der Waals surface area contributed by atoms with Crippen molar-refractivity contribution in [1.82, 2.24) is 0 Å². The van der Waals surface area contributed by atoms with Crippen molar-refractivity contribution < 1.29 is 33.5 Å². The number of halogens is 4. The number of aliphatic hydroxyl groups is 1. The molecule has 12 heteroatoms. The van der Waals surface area contributed by atoms with Crippen molar-refractivity contribution in [1.29, 1.82) is 0 Å². The van der Waals surface area contributed by atoms with E-state index in [9.17, 15) is 0 Å². The van der Waals surface area contributed by atoms with Crippen LogP contribution in [-0.4, -0.2) is 47.8 Å². The van der Waals surface area contributed by atoms with E-state index in [1.54, 1.807) is 40.6 Å². The molecule has 0 radical (unpaired) electrons. The summed E-state index contributed by atoms with van der Waals surface area (Å²) in [6.07, 6.45) is 0. The standard InChI is InChI=1S/C10H13BrO3.C10H14O4.Br3P/c2*1-12-8-5-4-7(6-11)9(13-2)10(8)14-3;1-4(2)3/h4-5H,6H2,1-3H3;4-5,11H,6H2,1-3H3;. The Morgan fingerprint density at radius 1 is 0.625 bits per heavy atom. The zero-order valence-corrected chi connectivity index (χ0v) is 25.8. The summed E-state index contributed by atoms with van der Waals surface area (Å²) in [5.41, 5.74) is 1.70. The topological polar surface area (TPSA) is 75.6 Å². The summed E-state index contributed by atoms with van der Waals surface area (Å²) in [6, 6.07) is 7.26. The maximum Gasteiger partial charge on any atom is 0.203 e. The predicted octanol–water partition coefficient (Wildman–Crippen LogP) is 7.21. The van der Waals surface area contributed by atoms with Gasteiger partial charge in [0.15, 0.2) is 23.0 Å². The first-order valence-electron chi connectivity index (χ1n) is 8.79. The van der Waals surface area contributed by atoms with Crippen molar-refractivity contribution in [3.63, 3.8) is 0 Å². The fraction of sp³-hybridized carbons (Fsp3) is 0.400. The fourth-order valence-corrected chi connectivity index (χ4v) is 3.00. The van der Waals surface area contributed by atoms with E-state index in [0.29, 0.717) is 40.1 Å². The van der Waals surface area contributed by atoms with Gasteiger partial charge in [-0.1, -0.05) is 22.0 Å². The summed E-state index contributed by atoms with van der Waals surface area (Å²) in [5, 5.41) is 9.78. The van der Waals surface area contributed by atoms with Crippen molar-refractivity contribution in [2.45, 2.75) is 11.9 Å². The molecule has 0 aliphatic carbocycles. The monoisotopic (exact) mass is 726 g/mol. The molecule has 2 aromatic carbocycles. The van der Waals surface area contributed by atoms with E-state index < -0.39 is 0 Å². The molecule has 182 valence electrons. The van der Waals surface area contributed by atoms with Crippen molar-refractivity contribution in [2.24, 2.45) is 0 Å². The Morgan fingerprint density at radius 2 is 0.969 bits per heavy atom. The summed E-state index contributed by atoms with van der Waals surface area (Å²) in [6.45, 7) is -0.0937. The van der Waals surface area contributed by atoms with E-state index in [1.165, 1.54) is 14.2 Å². The van der Waals surface area contributed by atoms with Gasteiger partial charge in [0.2, 0.25) is 11.5 Å². The number of benzene rings is 2. The molecule has 0 bridgehead atoms. The van der Waals surface area contributed by atoms with E-state index in [0.717, 1.165) is 10.9 Å². The van der Waals surface area contributed by atoms with Crippen LogP contribution in [0.2, 0.25) is 0 Å². The van der Waals surface area contributed by atoms with Crippen LogP contribution in [0.5, 0.6) is 34.5 Å². The molecule has 0 heterocycles. The highest BCUT2D eigenvalue weighted by Crippen LogP contribution is 2.59. The summed E-state index contributed by atoms with van der Waals surface area (Å²) in [4.78, 5) is 0. The van der Waals surface area contributed by atoms with E-state index in [4.69, 9.17) is 33.5 Å². The van der Waals surface area contributed by atoms with Crippen LogP contribution in [0.1, 0.15) is 11.1 Å². The molecule has 0 aliphatic rings. The van der Waals surface area contributed by atoms with Crippen molar-refractivity contribution in [3.8, 4) is 34.5 Å². The molecule has 2 rings (SSSR count). The van der Waals surface area contributed by atoms with Crippen LogP contribution in [0.25, 0.3) is 0 Å². The minimum Gasteiger partial charge on any atom is -0.493 e. The smallest absolute Gasteiger partial charge is 0.203 e. The molecule has 0 fully saturated rings. The third kappa shape index (κ3) is 9.81. The third-order valence-electron chi connectivity index (χ3n) is 3.89. The Balaban J connectivity index is 0.000000515. The van der Waals surface area contributed by atoms with Crippen molar-refractivity contribution in [3.05, 3.63) is 35.4 Å². The van der Waals surface area contributed by atoms with Gasteiger partial charge in [-0.25, -0.2) is 0 Å². The van der Waals surface area contributed by atoms with Crippen LogP contribution < -0.4 is 28.4 Å². The molecule has 7 nitrogen and oxygen atoms in total. The molecule has 0 amide bonds. The fourth-order valence-electron chi connectivity index (χ4n) is 2.56. The lowest BCUT2D eigenvalue weighted by Gasteiger charge is -2.14. The second-order valence-corrected chi connectivity index (χ2v) is 21.4. The largest absolute Gasteiger partial charge is 0.493 e. The van der Waals surface area contributed by atoms with Crippen LogP contribution in [-0.2, 0) is 11.9 Å².